The van der Waals surface area contributed by atoms with E-state index in [-0.39, 0.29) is 6.03 Å². The first kappa shape index (κ1) is 15.6. The van der Waals surface area contributed by atoms with Gasteiger partial charge in [-0.3, -0.25) is 4.99 Å². The van der Waals surface area contributed by atoms with Gasteiger partial charge >= 0.3 is 6.03 Å². The molecular formula is C18H24N4O. The number of carbonyl (C=O) groups excluding carboxylic acids is 1. The Kier molecular flexibility index (Phi) is 4.37. The maximum atomic E-state index is 12.5. The summed E-state index contributed by atoms with van der Waals surface area (Å²) in [5, 5.41) is 3.02. The van der Waals surface area contributed by atoms with Gasteiger partial charge < -0.3 is 16.0 Å². The fourth-order valence-electron chi connectivity index (χ4n) is 3.58. The van der Waals surface area contributed by atoms with E-state index in [2.05, 4.69) is 10.3 Å². The Labute approximate surface area is 137 Å². The molecule has 1 aromatic rings. The van der Waals surface area contributed by atoms with Crippen molar-refractivity contribution in [3.63, 3.8) is 0 Å². The predicted octanol–water partition coefficient (Wildman–Crippen LogP) is 3.15. The van der Waals surface area contributed by atoms with Crippen molar-refractivity contribution in [1.82, 2.24) is 4.90 Å². The molecule has 2 saturated heterocycles. The van der Waals surface area contributed by atoms with E-state index in [1.165, 1.54) is 12.8 Å². The molecular weight excluding hydrogens is 288 g/mol. The van der Waals surface area contributed by atoms with E-state index >= 15 is 0 Å². The number of fused-ring (bicyclic) bond motifs is 2. The van der Waals surface area contributed by atoms with Crippen molar-refractivity contribution in [2.45, 2.75) is 44.7 Å². The van der Waals surface area contributed by atoms with Crippen LogP contribution in [0.1, 0.15) is 36.8 Å². The van der Waals surface area contributed by atoms with Crippen LogP contribution in [0, 0.1) is 6.92 Å². The number of rotatable bonds is 3. The molecule has 3 rings (SSSR count). The van der Waals surface area contributed by atoms with Crippen molar-refractivity contribution in [2.24, 2.45) is 10.7 Å². The summed E-state index contributed by atoms with van der Waals surface area (Å²) >= 11 is 0. The van der Waals surface area contributed by atoms with Crippen LogP contribution in [0.15, 0.2) is 29.3 Å². The van der Waals surface area contributed by atoms with Crippen molar-refractivity contribution >= 4 is 23.6 Å². The molecule has 2 heterocycles. The topological polar surface area (TPSA) is 70.7 Å². The summed E-state index contributed by atoms with van der Waals surface area (Å²) in [7, 11) is 1.71. The highest BCUT2D eigenvalue weighted by Gasteiger charge is 2.44. The van der Waals surface area contributed by atoms with Crippen LogP contribution in [-0.2, 0) is 0 Å². The molecule has 2 unspecified atom stereocenters. The summed E-state index contributed by atoms with van der Waals surface area (Å²) in [4.78, 5) is 18.4. The lowest BCUT2D eigenvalue weighted by atomic mass is 9.80. The largest absolute Gasteiger partial charge is 0.398 e. The molecule has 0 saturated carbocycles. The third-order valence-corrected chi connectivity index (χ3v) is 4.84. The number of nitrogens with zero attached hydrogens (tertiary/aromatic N) is 2. The van der Waals surface area contributed by atoms with Gasteiger partial charge in [0.15, 0.2) is 0 Å². The number of allylic oxidation sites excluding steroid dienone is 1. The molecule has 5 heteroatoms. The molecule has 23 heavy (non-hydrogen) atoms. The normalized spacial score (nSPS) is 23.7. The summed E-state index contributed by atoms with van der Waals surface area (Å²) < 4.78 is 0. The molecule has 2 aliphatic rings. The SMILES string of the molecule is CN=C/C=C(\N)c1cc(NC(=O)N2C3CCCC2C3)ccc1C. The van der Waals surface area contributed by atoms with Gasteiger partial charge in [0.25, 0.3) is 0 Å². The first-order chi connectivity index (χ1) is 11.1. The minimum atomic E-state index is 0.0124. The van der Waals surface area contributed by atoms with Crippen molar-refractivity contribution in [3.05, 3.63) is 35.4 Å². The van der Waals surface area contributed by atoms with Gasteiger partial charge in [0.2, 0.25) is 0 Å². The van der Waals surface area contributed by atoms with Crippen LogP contribution < -0.4 is 11.1 Å². The number of anilines is 1. The van der Waals surface area contributed by atoms with E-state index in [0.29, 0.717) is 17.8 Å². The van der Waals surface area contributed by atoms with Crippen LogP contribution in [0.4, 0.5) is 10.5 Å². The smallest absolute Gasteiger partial charge is 0.322 e. The minimum Gasteiger partial charge on any atom is -0.398 e. The average Bonchev–Trinajstić information content (AvgIpc) is 2.55. The van der Waals surface area contributed by atoms with Crippen LogP contribution in [0.25, 0.3) is 5.70 Å². The van der Waals surface area contributed by atoms with E-state index in [0.717, 1.165) is 29.7 Å². The van der Waals surface area contributed by atoms with Crippen molar-refractivity contribution in [2.75, 3.05) is 12.4 Å². The monoisotopic (exact) mass is 312 g/mol. The van der Waals surface area contributed by atoms with Gasteiger partial charge in [-0.25, -0.2) is 4.79 Å². The molecule has 0 spiro atoms. The predicted molar refractivity (Wildman–Crippen MR) is 94.7 cm³/mol. The number of urea groups is 1. The lowest BCUT2D eigenvalue weighted by Crippen LogP contribution is -2.62. The quantitative estimate of drug-likeness (QED) is 0.842. The van der Waals surface area contributed by atoms with Gasteiger partial charge in [-0.2, -0.15) is 0 Å². The number of aliphatic imine (C=N–C) groups is 1. The highest BCUT2D eigenvalue weighted by Crippen LogP contribution is 2.38. The van der Waals surface area contributed by atoms with Gasteiger partial charge in [0.1, 0.15) is 0 Å². The van der Waals surface area contributed by atoms with E-state index in [9.17, 15) is 4.79 Å². The summed E-state index contributed by atoms with van der Waals surface area (Å²) in [5.41, 5.74) is 9.52. The number of benzene rings is 1. The van der Waals surface area contributed by atoms with E-state index in [1.807, 2.05) is 30.0 Å². The van der Waals surface area contributed by atoms with Crippen molar-refractivity contribution < 1.29 is 4.79 Å². The molecule has 122 valence electrons. The van der Waals surface area contributed by atoms with Crippen molar-refractivity contribution in [3.8, 4) is 0 Å². The highest BCUT2D eigenvalue weighted by atomic mass is 16.2. The van der Waals surface area contributed by atoms with Gasteiger partial charge in [0, 0.05) is 42.3 Å². The number of nitrogens with one attached hydrogen (secondary N) is 1. The van der Waals surface area contributed by atoms with Gasteiger partial charge in [-0.1, -0.05) is 6.07 Å². The summed E-state index contributed by atoms with van der Waals surface area (Å²) in [5.74, 6) is 0. The highest BCUT2D eigenvalue weighted by molar-refractivity contribution is 5.92. The third-order valence-electron chi connectivity index (χ3n) is 4.84. The molecule has 5 nitrogen and oxygen atoms in total. The Balaban J connectivity index is 1.74. The molecule has 0 aliphatic carbocycles. The van der Waals surface area contributed by atoms with Crippen LogP contribution in [0.5, 0.6) is 0 Å². The fourth-order valence-corrected chi connectivity index (χ4v) is 3.58. The Hall–Kier alpha value is -2.30. The Bertz CT molecular complexity index is 651. The number of nitrogens with two attached hydrogens (primary N) is 1. The average molecular weight is 312 g/mol. The lowest BCUT2D eigenvalue weighted by Gasteiger charge is -2.52. The van der Waals surface area contributed by atoms with Crippen LogP contribution in [0.2, 0.25) is 0 Å². The second kappa shape index (κ2) is 6.44. The number of aryl methyl sites for hydroxylation is 1. The van der Waals surface area contributed by atoms with E-state index in [1.54, 1.807) is 19.3 Å². The fraction of sp³-hybridized carbons (Fsp3) is 0.444. The summed E-state index contributed by atoms with van der Waals surface area (Å²) in [6.07, 6.45) is 8.12. The molecule has 2 amide bonds. The number of carbonyl (C=O) groups is 1. The first-order valence-corrected chi connectivity index (χ1v) is 8.18. The van der Waals surface area contributed by atoms with Crippen molar-refractivity contribution in [1.29, 1.82) is 0 Å². The standard InChI is InChI=1S/C18H24N4O/c1-12-6-7-13(10-16(12)17(19)8-9-20-2)21-18(23)22-14-4-3-5-15(22)11-14/h6-10,14-15H,3-5,11,19H2,1-2H3,(H,21,23)/b17-8-,20-9?. The second-order valence-electron chi connectivity index (χ2n) is 6.37. The Morgan fingerprint density at radius 3 is 2.78 bits per heavy atom. The Morgan fingerprint density at radius 2 is 2.13 bits per heavy atom. The van der Waals surface area contributed by atoms with Gasteiger partial charge in [-0.15, -0.1) is 0 Å². The summed E-state index contributed by atoms with van der Waals surface area (Å²) in [6, 6.07) is 6.71. The van der Waals surface area contributed by atoms with E-state index < -0.39 is 0 Å². The van der Waals surface area contributed by atoms with Crippen LogP contribution >= 0.6 is 0 Å². The molecule has 0 radical (unpaired) electrons. The second-order valence-corrected chi connectivity index (χ2v) is 6.37. The maximum absolute atomic E-state index is 12.5. The minimum absolute atomic E-state index is 0.0124. The van der Waals surface area contributed by atoms with Gasteiger partial charge in [0.05, 0.1) is 0 Å². The zero-order valence-electron chi connectivity index (χ0n) is 13.7. The number of hydrogen-bond donors (Lipinski definition) is 2. The molecule has 3 N–H and O–H groups in total. The first-order valence-electron chi connectivity index (χ1n) is 8.18. The number of piperidine rings is 1. The molecule has 2 aliphatic heterocycles. The van der Waals surface area contributed by atoms with Crippen LogP contribution in [0.3, 0.4) is 0 Å². The van der Waals surface area contributed by atoms with E-state index in [4.69, 9.17) is 5.73 Å². The number of hydrogen-bond acceptors (Lipinski definition) is 3. The molecule has 2 fully saturated rings. The number of amides is 2. The maximum Gasteiger partial charge on any atom is 0.322 e. The Morgan fingerprint density at radius 1 is 1.39 bits per heavy atom. The molecule has 1 aromatic carbocycles. The zero-order valence-corrected chi connectivity index (χ0v) is 13.7. The van der Waals surface area contributed by atoms with Crippen LogP contribution in [-0.4, -0.2) is 36.3 Å². The molecule has 2 atom stereocenters. The van der Waals surface area contributed by atoms with Gasteiger partial charge in [-0.05, 0) is 56.4 Å². The molecule has 2 bridgehead atoms. The molecule has 0 aromatic heterocycles. The lowest BCUT2D eigenvalue weighted by molar-refractivity contribution is 0.0173. The summed E-state index contributed by atoms with van der Waals surface area (Å²) in [6.45, 7) is 2.00. The third kappa shape index (κ3) is 3.09. The zero-order chi connectivity index (χ0) is 16.4.